The molecule has 1 aliphatic heterocycles. The van der Waals surface area contributed by atoms with Gasteiger partial charge >= 0.3 is 5.97 Å². The lowest BCUT2D eigenvalue weighted by molar-refractivity contribution is -0.350. The number of aliphatic hydroxyl groups is 7. The van der Waals surface area contributed by atoms with Crippen LogP contribution in [0.25, 0.3) is 0 Å². The Balaban J connectivity index is 1.31. The third-order valence-electron chi connectivity index (χ3n) is 17.0. The minimum absolute atomic E-state index is 0.0375. The Morgan fingerprint density at radius 2 is 1.65 bits per heavy atom. The molecule has 8 N–H and O–H groups in total. The Labute approximate surface area is 289 Å². The predicted octanol–water partition coefficient (Wildman–Crippen LogP) is 2.51. The van der Waals surface area contributed by atoms with Gasteiger partial charge in [0.05, 0.1) is 36.9 Å². The Bertz CT molecular complexity index is 1360. The number of allylic oxidation sites excluding steroid dienone is 2. The number of fused-ring (bicyclic) bond motifs is 3. The van der Waals surface area contributed by atoms with Crippen LogP contribution in [-0.2, 0) is 14.3 Å². The summed E-state index contributed by atoms with van der Waals surface area (Å²) in [5, 5.41) is 86.8. The fourth-order valence-electron chi connectivity index (χ4n) is 14.2. The molecule has 0 amide bonds. The Morgan fingerprint density at radius 3 is 2.33 bits per heavy atom. The normalized spacial score (nSPS) is 55.9. The van der Waals surface area contributed by atoms with Crippen LogP contribution >= 0.6 is 0 Å². The Kier molecular flexibility index (Phi) is 8.63. The lowest BCUT2D eigenvalue weighted by atomic mass is 9.25. The van der Waals surface area contributed by atoms with E-state index in [4.69, 9.17) is 9.47 Å². The highest BCUT2D eigenvalue weighted by Gasteiger charge is 2.78. The van der Waals surface area contributed by atoms with E-state index in [9.17, 15) is 45.6 Å². The van der Waals surface area contributed by atoms with E-state index >= 15 is 0 Å². The summed E-state index contributed by atoms with van der Waals surface area (Å²) in [4.78, 5) is 13.2. The topological polar surface area (TPSA) is 197 Å². The van der Waals surface area contributed by atoms with Crippen molar-refractivity contribution in [2.24, 2.45) is 49.7 Å². The van der Waals surface area contributed by atoms with E-state index in [1.807, 2.05) is 6.92 Å². The summed E-state index contributed by atoms with van der Waals surface area (Å²) in [6.07, 6.45) is 2.15. The molecular formula is C38H60O11. The van der Waals surface area contributed by atoms with Crippen LogP contribution in [0, 0.1) is 49.7 Å². The van der Waals surface area contributed by atoms with Gasteiger partial charge < -0.3 is 50.3 Å². The first-order valence-electron chi connectivity index (χ1n) is 18.8. The molecule has 0 aromatic carbocycles. The summed E-state index contributed by atoms with van der Waals surface area (Å²) in [7, 11) is 0. The van der Waals surface area contributed by atoms with Crippen LogP contribution in [-0.4, -0.2) is 110 Å². The first-order valence-corrected chi connectivity index (χ1v) is 18.8. The highest BCUT2D eigenvalue weighted by molar-refractivity contribution is 5.76. The second-order valence-electron chi connectivity index (χ2n) is 18.6. The predicted molar refractivity (Wildman–Crippen MR) is 177 cm³/mol. The lowest BCUT2D eigenvalue weighted by Gasteiger charge is -2.79. The monoisotopic (exact) mass is 692 g/mol. The molecule has 11 nitrogen and oxygen atoms in total. The summed E-state index contributed by atoms with van der Waals surface area (Å²) in [5.74, 6) is -1.06. The lowest BCUT2D eigenvalue weighted by Crippen LogP contribution is -2.75. The van der Waals surface area contributed by atoms with Gasteiger partial charge in [-0.15, -0.1) is 0 Å². The van der Waals surface area contributed by atoms with Crippen LogP contribution in [0.4, 0.5) is 0 Å². The van der Waals surface area contributed by atoms with Gasteiger partial charge in [-0.3, -0.25) is 4.79 Å². The molecule has 0 aromatic rings. The van der Waals surface area contributed by atoms with Crippen LogP contribution in [0.15, 0.2) is 11.6 Å². The van der Waals surface area contributed by atoms with E-state index in [0.717, 1.165) is 38.5 Å². The van der Waals surface area contributed by atoms with Gasteiger partial charge in [-0.1, -0.05) is 45.8 Å². The molecule has 49 heavy (non-hydrogen) atoms. The van der Waals surface area contributed by atoms with Gasteiger partial charge in [0, 0.05) is 12.0 Å². The van der Waals surface area contributed by atoms with Crippen molar-refractivity contribution in [2.75, 3.05) is 19.8 Å². The van der Waals surface area contributed by atoms with E-state index < -0.39 is 71.7 Å². The van der Waals surface area contributed by atoms with Crippen molar-refractivity contribution in [1.29, 1.82) is 0 Å². The van der Waals surface area contributed by atoms with Crippen molar-refractivity contribution >= 4 is 5.97 Å². The highest BCUT2D eigenvalue weighted by atomic mass is 16.7. The standard InChI is InChI=1S/C38H60O11/c1-32(20-40)12-13-36(31(46)47)14-15-37-8-5-9-38(11-6-21(37)22(36)16-32)33(2)17-23(41)29(49-30-28(45)27(44)24(42)19-48-30)35(4,26(43)18-39)25(33)7-10-34(37,38)3/h6,22-30,39-45H,5,7-20H2,1-4H3,(H,46,47). The van der Waals surface area contributed by atoms with Crippen molar-refractivity contribution in [2.45, 2.75) is 148 Å². The zero-order valence-electron chi connectivity index (χ0n) is 29.7. The number of carboxylic acids is 1. The van der Waals surface area contributed by atoms with Crippen molar-refractivity contribution in [3.05, 3.63) is 11.6 Å². The molecule has 1 saturated heterocycles. The van der Waals surface area contributed by atoms with Crippen molar-refractivity contribution < 1.29 is 55.1 Å². The van der Waals surface area contributed by atoms with Crippen molar-refractivity contribution in [1.82, 2.24) is 0 Å². The maximum absolute atomic E-state index is 13.2. The number of hydrogen-bond donors (Lipinski definition) is 8. The average molecular weight is 693 g/mol. The fourth-order valence-corrected chi connectivity index (χ4v) is 14.2. The number of aliphatic hydroxyl groups excluding tert-OH is 7. The van der Waals surface area contributed by atoms with E-state index in [0.29, 0.717) is 38.5 Å². The summed E-state index contributed by atoms with van der Waals surface area (Å²) in [6.45, 7) is 7.88. The molecule has 0 radical (unpaired) electrons. The molecule has 6 fully saturated rings. The maximum Gasteiger partial charge on any atom is 0.310 e. The number of ether oxygens (including phenoxy) is 2. The summed E-state index contributed by atoms with van der Waals surface area (Å²) in [6, 6.07) is 0. The van der Waals surface area contributed by atoms with Gasteiger partial charge in [0.1, 0.15) is 18.3 Å². The average Bonchev–Trinajstić information content (AvgIpc) is 3.05. The van der Waals surface area contributed by atoms with Gasteiger partial charge in [0.15, 0.2) is 6.29 Å². The summed E-state index contributed by atoms with van der Waals surface area (Å²) >= 11 is 0. The summed E-state index contributed by atoms with van der Waals surface area (Å²) in [5.41, 5.74) is -2.24. The molecule has 6 aliphatic carbocycles. The molecule has 7 aliphatic rings. The zero-order valence-corrected chi connectivity index (χ0v) is 29.7. The van der Waals surface area contributed by atoms with Crippen molar-refractivity contribution in [3.63, 3.8) is 0 Å². The van der Waals surface area contributed by atoms with E-state index in [-0.39, 0.29) is 46.7 Å². The minimum atomic E-state index is -1.56. The molecule has 1 heterocycles. The number of hydrogen-bond acceptors (Lipinski definition) is 10. The maximum atomic E-state index is 13.2. The molecule has 278 valence electrons. The van der Waals surface area contributed by atoms with E-state index in [1.54, 1.807) is 0 Å². The van der Waals surface area contributed by atoms with Crippen LogP contribution < -0.4 is 0 Å². The second kappa shape index (κ2) is 11.7. The third kappa shape index (κ3) is 4.43. The number of carboxylic acid groups (broad SMARTS) is 1. The molecular weight excluding hydrogens is 632 g/mol. The molecule has 7 rings (SSSR count). The highest BCUT2D eigenvalue weighted by Crippen LogP contribution is 2.84. The minimum Gasteiger partial charge on any atom is -0.481 e. The van der Waals surface area contributed by atoms with Gasteiger partial charge in [0.2, 0.25) is 0 Å². The number of carbonyl (C=O) groups is 1. The molecule has 16 unspecified atom stereocenters. The molecule has 2 bridgehead atoms. The van der Waals surface area contributed by atoms with Gasteiger partial charge in [0.25, 0.3) is 0 Å². The smallest absolute Gasteiger partial charge is 0.310 e. The van der Waals surface area contributed by atoms with Crippen LogP contribution in [0.3, 0.4) is 0 Å². The molecule has 16 atom stereocenters. The molecule has 5 saturated carbocycles. The van der Waals surface area contributed by atoms with Gasteiger partial charge in [-0.2, -0.15) is 0 Å². The van der Waals surface area contributed by atoms with Crippen molar-refractivity contribution in [3.8, 4) is 0 Å². The SMILES string of the molecule is CC1(CO)CCC2(C(=O)O)CCC34CCCC5(CC=C3C2C1)C1(C)CC(O)C(OC2OCC(O)C(O)C2O)C(C)(C(O)CO)C1CCC45C. The van der Waals surface area contributed by atoms with Gasteiger partial charge in [-0.05, 0) is 110 Å². The third-order valence-corrected chi connectivity index (χ3v) is 17.0. The Hall–Kier alpha value is -1.15. The molecule has 11 heteroatoms. The molecule has 1 spiro atoms. The van der Waals surface area contributed by atoms with Crippen LogP contribution in [0.5, 0.6) is 0 Å². The van der Waals surface area contributed by atoms with Crippen LogP contribution in [0.1, 0.15) is 105 Å². The fraction of sp³-hybridized carbons (Fsp3) is 0.921. The molecule has 0 aromatic heterocycles. The summed E-state index contributed by atoms with van der Waals surface area (Å²) < 4.78 is 11.9. The number of rotatable bonds is 6. The first kappa shape index (κ1) is 36.2. The van der Waals surface area contributed by atoms with Gasteiger partial charge in [-0.25, -0.2) is 0 Å². The number of aliphatic carboxylic acids is 1. The second-order valence-corrected chi connectivity index (χ2v) is 18.6. The largest absolute Gasteiger partial charge is 0.481 e. The first-order chi connectivity index (χ1) is 23.0. The van der Waals surface area contributed by atoms with Crippen LogP contribution in [0.2, 0.25) is 0 Å². The quantitative estimate of drug-likeness (QED) is 0.150. The van der Waals surface area contributed by atoms with E-state index in [2.05, 4.69) is 26.8 Å². The Morgan fingerprint density at radius 1 is 0.939 bits per heavy atom. The zero-order chi connectivity index (χ0) is 35.6. The van der Waals surface area contributed by atoms with E-state index in [1.165, 1.54) is 5.57 Å².